The number of anilines is 1. The molecule has 1 saturated heterocycles. The van der Waals surface area contributed by atoms with Crippen LogP contribution in [-0.4, -0.2) is 18.1 Å². The Morgan fingerprint density at radius 2 is 1.56 bits per heavy atom. The van der Waals surface area contributed by atoms with Gasteiger partial charge in [-0.3, -0.25) is 0 Å². The lowest BCUT2D eigenvalue weighted by Crippen LogP contribution is -2.18. The Hall–Kier alpha value is -2.35. The highest BCUT2D eigenvalue weighted by Gasteiger charge is 2.18. The van der Waals surface area contributed by atoms with Crippen molar-refractivity contribution in [2.24, 2.45) is 0 Å². The van der Waals surface area contributed by atoms with Gasteiger partial charge in [-0.25, -0.2) is 4.98 Å². The SMILES string of the molecule is CC(C)(C)c1ccc(-c2cc(N3CCCC3)c3ccccc3n2)cc1. The van der Waals surface area contributed by atoms with E-state index in [1.54, 1.807) is 0 Å². The van der Waals surface area contributed by atoms with Crippen molar-refractivity contribution in [2.75, 3.05) is 18.0 Å². The molecule has 0 amide bonds. The van der Waals surface area contributed by atoms with Gasteiger partial charge in [0.25, 0.3) is 0 Å². The molecule has 2 heterocycles. The maximum Gasteiger partial charge on any atom is 0.0730 e. The quantitative estimate of drug-likeness (QED) is 0.590. The number of benzene rings is 2. The largest absolute Gasteiger partial charge is 0.371 e. The van der Waals surface area contributed by atoms with Gasteiger partial charge in [-0.15, -0.1) is 0 Å². The zero-order valence-corrected chi connectivity index (χ0v) is 15.4. The fourth-order valence-corrected chi connectivity index (χ4v) is 3.67. The van der Waals surface area contributed by atoms with E-state index < -0.39 is 0 Å². The molecule has 1 aliphatic heterocycles. The van der Waals surface area contributed by atoms with Gasteiger partial charge < -0.3 is 4.90 Å². The lowest BCUT2D eigenvalue weighted by atomic mass is 9.86. The standard InChI is InChI=1S/C23H26N2/c1-23(2,3)18-12-10-17(11-13-18)21-16-22(25-14-6-7-15-25)19-8-4-5-9-20(19)24-21/h4-5,8-13,16H,6-7,14-15H2,1-3H3. The van der Waals surface area contributed by atoms with Gasteiger partial charge in [-0.2, -0.15) is 0 Å². The number of aromatic nitrogens is 1. The molecule has 2 heteroatoms. The third kappa shape index (κ3) is 3.13. The van der Waals surface area contributed by atoms with E-state index in [4.69, 9.17) is 4.98 Å². The van der Waals surface area contributed by atoms with Crippen molar-refractivity contribution in [3.8, 4) is 11.3 Å². The molecule has 1 aromatic heterocycles. The summed E-state index contributed by atoms with van der Waals surface area (Å²) < 4.78 is 0. The summed E-state index contributed by atoms with van der Waals surface area (Å²) in [7, 11) is 0. The van der Waals surface area contributed by atoms with Crippen LogP contribution in [-0.2, 0) is 5.41 Å². The van der Waals surface area contributed by atoms with E-state index in [2.05, 4.69) is 80.3 Å². The Balaban J connectivity index is 1.82. The highest BCUT2D eigenvalue weighted by atomic mass is 15.1. The maximum absolute atomic E-state index is 4.94. The van der Waals surface area contributed by atoms with Crippen LogP contribution in [0.15, 0.2) is 54.6 Å². The van der Waals surface area contributed by atoms with Crippen LogP contribution < -0.4 is 4.90 Å². The average Bonchev–Trinajstić information content (AvgIpc) is 3.14. The molecule has 0 radical (unpaired) electrons. The number of nitrogens with zero attached hydrogens (tertiary/aromatic N) is 2. The lowest BCUT2D eigenvalue weighted by molar-refractivity contribution is 0.590. The van der Waals surface area contributed by atoms with E-state index in [0.29, 0.717) is 0 Å². The first-order valence-electron chi connectivity index (χ1n) is 9.28. The van der Waals surface area contributed by atoms with Gasteiger partial charge in [-0.05, 0) is 36.0 Å². The van der Waals surface area contributed by atoms with Crippen molar-refractivity contribution in [1.29, 1.82) is 0 Å². The molecule has 3 aromatic rings. The third-order valence-corrected chi connectivity index (χ3v) is 5.19. The predicted molar refractivity (Wildman–Crippen MR) is 107 cm³/mol. The molecule has 0 N–H and O–H groups in total. The molecule has 4 rings (SSSR count). The molecule has 2 aromatic carbocycles. The Kier molecular flexibility index (Phi) is 3.99. The van der Waals surface area contributed by atoms with Crippen molar-refractivity contribution < 1.29 is 0 Å². The number of para-hydroxylation sites is 1. The topological polar surface area (TPSA) is 16.1 Å². The summed E-state index contributed by atoms with van der Waals surface area (Å²) in [6.07, 6.45) is 2.57. The molecule has 25 heavy (non-hydrogen) atoms. The normalized spacial score (nSPS) is 15.1. The molecule has 128 valence electrons. The summed E-state index contributed by atoms with van der Waals surface area (Å²) in [5.41, 5.74) is 6.22. The van der Waals surface area contributed by atoms with Crippen molar-refractivity contribution in [3.05, 3.63) is 60.2 Å². The van der Waals surface area contributed by atoms with Gasteiger partial charge in [0.05, 0.1) is 11.2 Å². The molecule has 1 aliphatic rings. The van der Waals surface area contributed by atoms with Crippen LogP contribution in [0.1, 0.15) is 39.2 Å². The fourth-order valence-electron chi connectivity index (χ4n) is 3.67. The molecular formula is C23H26N2. The van der Waals surface area contributed by atoms with Crippen molar-refractivity contribution in [2.45, 2.75) is 39.0 Å². The van der Waals surface area contributed by atoms with E-state index in [0.717, 1.165) is 24.3 Å². The second-order valence-corrected chi connectivity index (χ2v) is 8.07. The first-order valence-corrected chi connectivity index (χ1v) is 9.28. The van der Waals surface area contributed by atoms with Gasteiger partial charge >= 0.3 is 0 Å². The van der Waals surface area contributed by atoms with Gasteiger partial charge in [-0.1, -0.05) is 63.2 Å². The summed E-state index contributed by atoms with van der Waals surface area (Å²) in [6.45, 7) is 9.05. The first kappa shape index (κ1) is 16.1. The highest BCUT2D eigenvalue weighted by molar-refractivity contribution is 5.94. The summed E-state index contributed by atoms with van der Waals surface area (Å²) in [5, 5.41) is 1.26. The summed E-state index contributed by atoms with van der Waals surface area (Å²) in [4.78, 5) is 7.45. The van der Waals surface area contributed by atoms with E-state index in [9.17, 15) is 0 Å². The van der Waals surface area contributed by atoms with Crippen molar-refractivity contribution >= 4 is 16.6 Å². The van der Waals surface area contributed by atoms with Crippen LogP contribution in [0.3, 0.4) is 0 Å². The van der Waals surface area contributed by atoms with Crippen LogP contribution >= 0.6 is 0 Å². The van der Waals surface area contributed by atoms with Gasteiger partial charge in [0.15, 0.2) is 0 Å². The summed E-state index contributed by atoms with van der Waals surface area (Å²) in [5.74, 6) is 0. The number of hydrogen-bond acceptors (Lipinski definition) is 2. The molecular weight excluding hydrogens is 304 g/mol. The fraction of sp³-hybridized carbons (Fsp3) is 0.348. The van der Waals surface area contributed by atoms with Crippen LogP contribution in [0.2, 0.25) is 0 Å². The van der Waals surface area contributed by atoms with E-state index in [1.807, 2.05) is 0 Å². The van der Waals surface area contributed by atoms with Crippen LogP contribution in [0, 0.1) is 0 Å². The molecule has 1 fully saturated rings. The van der Waals surface area contributed by atoms with Crippen LogP contribution in [0.5, 0.6) is 0 Å². The predicted octanol–water partition coefficient (Wildman–Crippen LogP) is 5.80. The molecule has 0 spiro atoms. The number of fused-ring (bicyclic) bond motifs is 1. The van der Waals surface area contributed by atoms with Gasteiger partial charge in [0.2, 0.25) is 0 Å². The first-order chi connectivity index (χ1) is 12.0. The molecule has 2 nitrogen and oxygen atoms in total. The number of pyridine rings is 1. The minimum atomic E-state index is 0.177. The second kappa shape index (κ2) is 6.18. The second-order valence-electron chi connectivity index (χ2n) is 8.07. The number of rotatable bonds is 2. The Morgan fingerprint density at radius 3 is 2.24 bits per heavy atom. The Morgan fingerprint density at radius 1 is 0.880 bits per heavy atom. The molecule has 0 aliphatic carbocycles. The van der Waals surface area contributed by atoms with E-state index in [1.165, 1.54) is 35.0 Å². The molecule has 0 atom stereocenters. The molecule has 0 unspecified atom stereocenters. The van der Waals surface area contributed by atoms with Gasteiger partial charge in [0.1, 0.15) is 0 Å². The van der Waals surface area contributed by atoms with Gasteiger partial charge in [0, 0.05) is 29.7 Å². The monoisotopic (exact) mass is 330 g/mol. The van der Waals surface area contributed by atoms with Crippen LogP contribution in [0.25, 0.3) is 22.2 Å². The summed E-state index contributed by atoms with van der Waals surface area (Å²) >= 11 is 0. The van der Waals surface area contributed by atoms with E-state index in [-0.39, 0.29) is 5.41 Å². The summed E-state index contributed by atoms with van der Waals surface area (Å²) in [6, 6.07) is 19.7. The minimum Gasteiger partial charge on any atom is -0.371 e. The van der Waals surface area contributed by atoms with Crippen LogP contribution in [0.4, 0.5) is 5.69 Å². The van der Waals surface area contributed by atoms with E-state index >= 15 is 0 Å². The Bertz CT molecular complexity index is 882. The minimum absolute atomic E-state index is 0.177. The molecule has 0 bridgehead atoms. The average molecular weight is 330 g/mol. The highest BCUT2D eigenvalue weighted by Crippen LogP contribution is 2.33. The third-order valence-electron chi connectivity index (χ3n) is 5.19. The number of hydrogen-bond donors (Lipinski definition) is 0. The van der Waals surface area contributed by atoms with Crippen molar-refractivity contribution in [3.63, 3.8) is 0 Å². The smallest absolute Gasteiger partial charge is 0.0730 e. The Labute approximate surface area is 150 Å². The maximum atomic E-state index is 4.94. The zero-order chi connectivity index (χ0) is 17.4. The van der Waals surface area contributed by atoms with Crippen molar-refractivity contribution in [1.82, 2.24) is 4.98 Å². The zero-order valence-electron chi connectivity index (χ0n) is 15.4. The lowest BCUT2D eigenvalue weighted by Gasteiger charge is -2.21. The molecule has 0 saturated carbocycles.